The lowest BCUT2D eigenvalue weighted by Crippen LogP contribution is -2.18. The standard InChI is InChI=1S/C8H11N3O2.C7H9Br2N3.C7H10BrN3/c12-8(13)7-5-11(10-9-7)4-6-2-1-3-6;8-6-7(9)12(11-10-6)4-5-2-1-3-5;8-7-5-11(10-9-7)4-6-2-1-3-6/h5-6H,1-4H2,(H,12,13);5H,1-4H2;5-6H,1-4H2. The first-order valence-corrected chi connectivity index (χ1v) is 14.7. The van der Waals surface area contributed by atoms with E-state index in [0.717, 1.165) is 45.3 Å². The summed E-state index contributed by atoms with van der Waals surface area (Å²) in [6.07, 6.45) is 15.3. The first-order valence-electron chi connectivity index (χ1n) is 12.3. The van der Waals surface area contributed by atoms with Crippen molar-refractivity contribution in [3.05, 3.63) is 31.9 Å². The molecule has 3 aromatic rings. The summed E-state index contributed by atoms with van der Waals surface area (Å²) in [7, 11) is 0. The van der Waals surface area contributed by atoms with Crippen molar-refractivity contribution in [1.82, 2.24) is 45.0 Å². The van der Waals surface area contributed by atoms with E-state index >= 15 is 0 Å². The Balaban J connectivity index is 0.000000127. The molecule has 3 aliphatic carbocycles. The predicted octanol–water partition coefficient (Wildman–Crippen LogP) is 5.22. The average Bonchev–Trinajstić information content (AvgIpc) is 3.48. The molecule has 3 aliphatic rings. The Hall–Kier alpha value is -1.67. The van der Waals surface area contributed by atoms with Crippen LogP contribution in [0, 0.1) is 17.8 Å². The van der Waals surface area contributed by atoms with Crippen molar-refractivity contribution in [2.24, 2.45) is 17.8 Å². The van der Waals surface area contributed by atoms with E-state index in [1.165, 1.54) is 64.0 Å². The minimum atomic E-state index is -1.01. The lowest BCUT2D eigenvalue weighted by molar-refractivity contribution is 0.0690. The second-order valence-corrected chi connectivity index (χ2v) is 12.0. The van der Waals surface area contributed by atoms with Crippen molar-refractivity contribution >= 4 is 53.8 Å². The third-order valence-electron chi connectivity index (χ3n) is 6.90. The molecule has 0 atom stereocenters. The van der Waals surface area contributed by atoms with Gasteiger partial charge in [0.1, 0.15) is 9.21 Å². The molecule has 0 radical (unpaired) electrons. The molecule has 3 heterocycles. The van der Waals surface area contributed by atoms with E-state index in [1.807, 2.05) is 15.6 Å². The minimum absolute atomic E-state index is 0.0272. The van der Waals surface area contributed by atoms with Gasteiger partial charge in [-0.2, -0.15) is 0 Å². The van der Waals surface area contributed by atoms with Crippen molar-refractivity contribution < 1.29 is 9.90 Å². The SMILES string of the molecule is Brc1cn(CC2CCC2)nn1.Brc1nnn(CC2CCC2)c1Br.O=C(O)c1cn(CC2CCC2)nn1. The minimum Gasteiger partial charge on any atom is -0.476 e. The highest BCUT2D eigenvalue weighted by atomic mass is 79.9. The van der Waals surface area contributed by atoms with Crippen LogP contribution in [0.3, 0.4) is 0 Å². The van der Waals surface area contributed by atoms with E-state index in [4.69, 9.17) is 5.11 Å². The maximum absolute atomic E-state index is 10.5. The quantitative estimate of drug-likeness (QED) is 0.357. The molecule has 3 fully saturated rings. The number of hydrogen-bond acceptors (Lipinski definition) is 7. The molecular weight excluding hydrogens is 662 g/mol. The number of halogens is 3. The van der Waals surface area contributed by atoms with E-state index in [9.17, 15) is 4.79 Å². The van der Waals surface area contributed by atoms with Crippen LogP contribution >= 0.6 is 47.8 Å². The zero-order chi connectivity index (χ0) is 25.5. The Labute approximate surface area is 234 Å². The number of carboxylic acid groups (broad SMARTS) is 1. The summed E-state index contributed by atoms with van der Waals surface area (Å²) in [5, 5.41) is 31.6. The van der Waals surface area contributed by atoms with E-state index in [0.29, 0.717) is 5.92 Å². The number of aromatic carboxylic acids is 1. The third-order valence-corrected chi connectivity index (χ3v) is 9.12. The maximum Gasteiger partial charge on any atom is 0.358 e. The van der Waals surface area contributed by atoms with Crippen molar-refractivity contribution in [3.63, 3.8) is 0 Å². The molecule has 0 unspecified atom stereocenters. The van der Waals surface area contributed by atoms with Crippen LogP contribution in [0.1, 0.15) is 68.3 Å². The first kappa shape index (κ1) is 27.4. The molecule has 0 aromatic carbocycles. The van der Waals surface area contributed by atoms with Crippen molar-refractivity contribution in [1.29, 1.82) is 0 Å². The van der Waals surface area contributed by atoms with Gasteiger partial charge in [0.25, 0.3) is 0 Å². The average molecular weight is 692 g/mol. The van der Waals surface area contributed by atoms with Gasteiger partial charge in [0, 0.05) is 19.6 Å². The summed E-state index contributed by atoms with van der Waals surface area (Å²) in [5.74, 6) is 1.32. The molecule has 6 rings (SSSR count). The molecule has 196 valence electrons. The van der Waals surface area contributed by atoms with Crippen LogP contribution in [0.2, 0.25) is 0 Å². The van der Waals surface area contributed by atoms with Crippen molar-refractivity contribution in [3.8, 4) is 0 Å². The van der Waals surface area contributed by atoms with E-state index < -0.39 is 5.97 Å². The molecule has 0 bridgehead atoms. The Kier molecular flexibility index (Phi) is 10.1. The van der Waals surface area contributed by atoms with E-state index in [2.05, 4.69) is 78.7 Å². The number of nitrogens with zero attached hydrogens (tertiary/aromatic N) is 9. The summed E-state index contributed by atoms with van der Waals surface area (Å²) >= 11 is 10.00. The van der Waals surface area contributed by atoms with Gasteiger partial charge in [-0.1, -0.05) is 34.9 Å². The molecule has 14 heteroatoms. The van der Waals surface area contributed by atoms with Gasteiger partial charge in [-0.05, 0) is 104 Å². The van der Waals surface area contributed by atoms with Gasteiger partial charge in [0.05, 0.1) is 12.4 Å². The summed E-state index contributed by atoms with van der Waals surface area (Å²) < 4.78 is 8.02. The van der Waals surface area contributed by atoms with Crippen molar-refractivity contribution in [2.75, 3.05) is 0 Å². The fourth-order valence-electron chi connectivity index (χ4n) is 4.05. The normalized spacial score (nSPS) is 17.6. The monoisotopic (exact) mass is 689 g/mol. The summed E-state index contributed by atoms with van der Waals surface area (Å²) in [5.41, 5.74) is 0.0272. The highest BCUT2D eigenvalue weighted by Crippen LogP contribution is 2.30. The van der Waals surface area contributed by atoms with Crippen LogP contribution in [-0.4, -0.2) is 56.1 Å². The van der Waals surface area contributed by atoms with Gasteiger partial charge >= 0.3 is 5.97 Å². The van der Waals surface area contributed by atoms with Crippen LogP contribution in [0.4, 0.5) is 0 Å². The second kappa shape index (κ2) is 13.2. The summed E-state index contributed by atoms with van der Waals surface area (Å²) in [6.45, 7) is 2.85. The molecule has 11 nitrogen and oxygen atoms in total. The lowest BCUT2D eigenvalue weighted by Gasteiger charge is -2.24. The molecule has 36 heavy (non-hydrogen) atoms. The van der Waals surface area contributed by atoms with Gasteiger partial charge in [-0.25, -0.2) is 9.48 Å². The lowest BCUT2D eigenvalue weighted by atomic mass is 9.85. The van der Waals surface area contributed by atoms with E-state index in [-0.39, 0.29) is 5.69 Å². The highest BCUT2D eigenvalue weighted by molar-refractivity contribution is 9.13. The van der Waals surface area contributed by atoms with Gasteiger partial charge in [-0.3, -0.25) is 9.36 Å². The molecule has 1 N–H and O–H groups in total. The maximum atomic E-state index is 10.5. The highest BCUT2D eigenvalue weighted by Gasteiger charge is 2.21. The first-order chi connectivity index (χ1) is 17.4. The molecule has 0 spiro atoms. The van der Waals surface area contributed by atoms with E-state index in [1.54, 1.807) is 4.68 Å². The van der Waals surface area contributed by atoms with Crippen LogP contribution in [0.5, 0.6) is 0 Å². The summed E-state index contributed by atoms with van der Waals surface area (Å²) in [4.78, 5) is 10.5. The zero-order valence-electron chi connectivity index (χ0n) is 19.9. The van der Waals surface area contributed by atoms with Gasteiger partial charge < -0.3 is 5.11 Å². The Morgan fingerprint density at radius 2 is 1.31 bits per heavy atom. The predicted molar refractivity (Wildman–Crippen MR) is 142 cm³/mol. The van der Waals surface area contributed by atoms with Gasteiger partial charge in [0.2, 0.25) is 0 Å². The van der Waals surface area contributed by atoms with Gasteiger partial charge in [0.15, 0.2) is 10.3 Å². The number of hydrogen-bond donors (Lipinski definition) is 1. The molecule has 3 aromatic heterocycles. The zero-order valence-corrected chi connectivity index (χ0v) is 24.6. The van der Waals surface area contributed by atoms with Gasteiger partial charge in [-0.15, -0.1) is 15.3 Å². The smallest absolute Gasteiger partial charge is 0.358 e. The Morgan fingerprint density at radius 1 is 0.778 bits per heavy atom. The molecule has 3 saturated carbocycles. The van der Waals surface area contributed by atoms with Crippen LogP contribution in [-0.2, 0) is 19.6 Å². The summed E-state index contributed by atoms with van der Waals surface area (Å²) in [6, 6.07) is 0. The largest absolute Gasteiger partial charge is 0.476 e. The molecule has 0 aliphatic heterocycles. The number of aromatic nitrogens is 9. The topological polar surface area (TPSA) is 129 Å². The third kappa shape index (κ3) is 7.91. The molecule has 0 amide bonds. The fraction of sp³-hybridized carbons (Fsp3) is 0.682. The van der Waals surface area contributed by atoms with Crippen LogP contribution in [0.15, 0.2) is 26.2 Å². The molecule has 0 saturated heterocycles. The van der Waals surface area contributed by atoms with Crippen LogP contribution in [0.25, 0.3) is 0 Å². The number of carbonyl (C=O) groups is 1. The second-order valence-electron chi connectivity index (χ2n) is 9.64. The van der Waals surface area contributed by atoms with Crippen molar-refractivity contribution in [2.45, 2.75) is 77.4 Å². The Morgan fingerprint density at radius 3 is 1.69 bits per heavy atom. The number of rotatable bonds is 7. The van der Waals surface area contributed by atoms with Crippen LogP contribution < -0.4 is 0 Å². The number of carboxylic acids is 1. The Bertz CT molecular complexity index is 1120. The molecular formula is C22H30Br3N9O2. The fourth-order valence-corrected chi connectivity index (χ4v) is 4.92.